The first-order valence-corrected chi connectivity index (χ1v) is 14.3. The first-order valence-electron chi connectivity index (χ1n) is 12.8. The topological polar surface area (TPSA) is 91.4 Å². The van der Waals surface area contributed by atoms with E-state index < -0.39 is 10.2 Å². The van der Waals surface area contributed by atoms with Crippen molar-refractivity contribution in [2.24, 2.45) is 5.92 Å². The van der Waals surface area contributed by atoms with E-state index in [9.17, 15) is 17.6 Å². The molecule has 1 aliphatic carbocycles. The third kappa shape index (κ3) is 6.95. The second-order valence-electron chi connectivity index (χ2n) is 10.6. The molecule has 2 heterocycles. The lowest BCUT2D eigenvalue weighted by molar-refractivity contribution is -0.0351. The molecule has 2 aliphatic heterocycles. The predicted octanol–water partition coefficient (Wildman–Crippen LogP) is 2.41. The van der Waals surface area contributed by atoms with Crippen LogP contribution in [0.3, 0.4) is 0 Å². The molecular formula is C25H39FN4O5S. The second-order valence-corrected chi connectivity index (χ2v) is 12.5. The quantitative estimate of drug-likeness (QED) is 0.560. The van der Waals surface area contributed by atoms with Gasteiger partial charge in [-0.2, -0.15) is 17.4 Å². The first-order chi connectivity index (χ1) is 17.1. The largest absolute Gasteiger partial charge is 0.443 e. The maximum Gasteiger partial charge on any atom is 0.410 e. The van der Waals surface area contributed by atoms with E-state index in [1.165, 1.54) is 20.2 Å². The van der Waals surface area contributed by atoms with Crippen LogP contribution in [-0.4, -0.2) is 101 Å². The van der Waals surface area contributed by atoms with Gasteiger partial charge in [0.2, 0.25) is 0 Å². The van der Waals surface area contributed by atoms with Crippen molar-refractivity contribution in [1.29, 1.82) is 0 Å². The second kappa shape index (κ2) is 11.7. The number of ether oxygens (including phenoxy) is 2. The summed E-state index contributed by atoms with van der Waals surface area (Å²) in [6, 6.07) is 6.48. The molecule has 0 spiro atoms. The number of likely N-dealkylation sites (tertiary alicyclic amines) is 2. The minimum Gasteiger partial charge on any atom is -0.443 e. The lowest BCUT2D eigenvalue weighted by Crippen LogP contribution is -2.57. The first kappa shape index (κ1) is 27.3. The van der Waals surface area contributed by atoms with Crippen LogP contribution in [0.2, 0.25) is 0 Å². The third-order valence-electron chi connectivity index (χ3n) is 7.61. The highest BCUT2D eigenvalue weighted by atomic mass is 32.2. The minimum absolute atomic E-state index is 0.0637. The van der Waals surface area contributed by atoms with Crippen molar-refractivity contribution < 1.29 is 27.1 Å². The molecule has 9 nitrogen and oxygen atoms in total. The van der Waals surface area contributed by atoms with Gasteiger partial charge in [0.05, 0.1) is 12.7 Å². The van der Waals surface area contributed by atoms with Crippen molar-refractivity contribution in [2.45, 2.75) is 56.3 Å². The van der Waals surface area contributed by atoms with Crippen molar-refractivity contribution in [3.8, 4) is 0 Å². The van der Waals surface area contributed by atoms with E-state index in [0.717, 1.165) is 48.6 Å². The summed E-state index contributed by atoms with van der Waals surface area (Å²) in [4.78, 5) is 16.5. The fourth-order valence-electron chi connectivity index (χ4n) is 5.34. The van der Waals surface area contributed by atoms with E-state index in [1.807, 2.05) is 13.1 Å². The smallest absolute Gasteiger partial charge is 0.410 e. The Morgan fingerprint density at radius 2 is 1.83 bits per heavy atom. The summed E-state index contributed by atoms with van der Waals surface area (Å²) in [6.45, 7) is 2.62. The van der Waals surface area contributed by atoms with Crippen molar-refractivity contribution >= 4 is 16.3 Å². The SMILES string of the molecule is CN1CC(OC(=O)N2CC[C@H](NS(=O)(=O)N(C)C)C(COC3CCC(c4cccc(F)c4)CC3)C2)C1. The van der Waals surface area contributed by atoms with E-state index in [1.54, 1.807) is 17.0 Å². The standard InChI is InChI=1S/C25H39FN4O5S/c1-28(2)36(32,33)27-24-11-12-30(25(31)35-23-15-29(3)16-23)14-20(24)17-34-22-9-7-18(8-10-22)19-5-4-6-21(26)13-19/h4-6,13,18,20,22-24,27H,7-12,14-17H2,1-3H3/t18?,20?,22?,24-/m0/s1. The number of halogens is 1. The van der Waals surface area contributed by atoms with Crippen LogP contribution in [0.15, 0.2) is 24.3 Å². The van der Waals surface area contributed by atoms with Crippen LogP contribution < -0.4 is 4.72 Å². The maximum absolute atomic E-state index is 13.6. The fraction of sp³-hybridized carbons (Fsp3) is 0.720. The average Bonchev–Trinajstić information content (AvgIpc) is 2.82. The molecule has 1 unspecified atom stereocenters. The summed E-state index contributed by atoms with van der Waals surface area (Å²) < 4.78 is 54.5. The van der Waals surface area contributed by atoms with E-state index in [4.69, 9.17) is 9.47 Å². The maximum atomic E-state index is 13.6. The molecule has 0 aromatic heterocycles. The minimum atomic E-state index is -3.62. The molecule has 11 heteroatoms. The molecule has 1 aromatic rings. The highest BCUT2D eigenvalue weighted by Gasteiger charge is 2.37. The van der Waals surface area contributed by atoms with Gasteiger partial charge >= 0.3 is 6.09 Å². The van der Waals surface area contributed by atoms with Gasteiger partial charge in [-0.05, 0) is 62.8 Å². The van der Waals surface area contributed by atoms with Gasteiger partial charge in [-0.1, -0.05) is 12.1 Å². The number of hydrogen-bond acceptors (Lipinski definition) is 6. The number of nitrogens with zero attached hydrogens (tertiary/aromatic N) is 3. The van der Waals surface area contributed by atoms with E-state index in [2.05, 4.69) is 9.62 Å². The predicted molar refractivity (Wildman–Crippen MR) is 134 cm³/mol. The van der Waals surface area contributed by atoms with Gasteiger partial charge < -0.3 is 14.4 Å². The summed E-state index contributed by atoms with van der Waals surface area (Å²) in [7, 11) is 1.35. The molecule has 3 fully saturated rings. The normalized spacial score (nSPS) is 28.2. The summed E-state index contributed by atoms with van der Waals surface area (Å²) >= 11 is 0. The number of piperidine rings is 1. The summed E-state index contributed by atoms with van der Waals surface area (Å²) in [6.07, 6.45) is 3.69. The zero-order valence-corrected chi connectivity index (χ0v) is 22.3. The molecule has 2 saturated heterocycles. The third-order valence-corrected chi connectivity index (χ3v) is 9.17. The number of benzene rings is 1. The lowest BCUT2D eigenvalue weighted by Gasteiger charge is -2.41. The molecule has 2 atom stereocenters. The van der Waals surface area contributed by atoms with E-state index >= 15 is 0 Å². The number of hydrogen-bond donors (Lipinski definition) is 1. The Hall–Kier alpha value is -1.79. The van der Waals surface area contributed by atoms with Crippen LogP contribution in [0.1, 0.15) is 43.6 Å². The Bertz CT molecular complexity index is 996. The van der Waals surface area contributed by atoms with Gasteiger partial charge in [0.25, 0.3) is 10.2 Å². The Kier molecular flexibility index (Phi) is 8.87. The summed E-state index contributed by atoms with van der Waals surface area (Å²) in [5.41, 5.74) is 1.03. The molecule has 1 amide bonds. The number of nitrogens with one attached hydrogen (secondary N) is 1. The van der Waals surface area contributed by atoms with Crippen molar-refractivity contribution in [1.82, 2.24) is 18.8 Å². The van der Waals surface area contributed by atoms with Crippen LogP contribution in [0.25, 0.3) is 0 Å². The highest BCUT2D eigenvalue weighted by Crippen LogP contribution is 2.34. The monoisotopic (exact) mass is 526 g/mol. The number of rotatable bonds is 8. The highest BCUT2D eigenvalue weighted by molar-refractivity contribution is 7.87. The molecule has 0 bridgehead atoms. The molecule has 1 aromatic carbocycles. The van der Waals surface area contributed by atoms with Crippen LogP contribution >= 0.6 is 0 Å². The van der Waals surface area contributed by atoms with Gasteiger partial charge in [0.1, 0.15) is 11.9 Å². The van der Waals surface area contributed by atoms with Crippen LogP contribution in [0, 0.1) is 11.7 Å². The molecule has 202 valence electrons. The van der Waals surface area contributed by atoms with Gasteiger partial charge in [0.15, 0.2) is 0 Å². The van der Waals surface area contributed by atoms with Gasteiger partial charge in [0, 0.05) is 52.2 Å². The number of carbonyl (C=O) groups is 1. The molecule has 0 radical (unpaired) electrons. The number of amides is 1. The Morgan fingerprint density at radius 3 is 2.47 bits per heavy atom. The fourth-order valence-corrected chi connectivity index (χ4v) is 6.24. The van der Waals surface area contributed by atoms with Crippen LogP contribution in [0.5, 0.6) is 0 Å². The number of likely N-dealkylation sites (N-methyl/N-ethyl adjacent to an activating group) is 1. The Balaban J connectivity index is 1.33. The zero-order chi connectivity index (χ0) is 25.9. The summed E-state index contributed by atoms with van der Waals surface area (Å²) in [5, 5.41) is 0. The molecular weight excluding hydrogens is 487 g/mol. The van der Waals surface area contributed by atoms with Gasteiger partial charge in [-0.25, -0.2) is 9.18 Å². The van der Waals surface area contributed by atoms with Crippen molar-refractivity contribution in [3.05, 3.63) is 35.6 Å². The van der Waals surface area contributed by atoms with Gasteiger partial charge in [-0.15, -0.1) is 0 Å². The molecule has 36 heavy (non-hydrogen) atoms. The lowest BCUT2D eigenvalue weighted by atomic mass is 9.82. The molecule has 1 saturated carbocycles. The zero-order valence-electron chi connectivity index (χ0n) is 21.4. The van der Waals surface area contributed by atoms with Crippen LogP contribution in [0.4, 0.5) is 9.18 Å². The Morgan fingerprint density at radius 1 is 1.11 bits per heavy atom. The van der Waals surface area contributed by atoms with Crippen molar-refractivity contribution in [2.75, 3.05) is 53.9 Å². The molecule has 1 N–H and O–H groups in total. The summed E-state index contributed by atoms with van der Waals surface area (Å²) in [5.74, 6) is -0.0708. The van der Waals surface area contributed by atoms with Gasteiger partial charge in [-0.3, -0.25) is 4.90 Å². The van der Waals surface area contributed by atoms with Crippen LogP contribution in [-0.2, 0) is 19.7 Å². The van der Waals surface area contributed by atoms with Crippen molar-refractivity contribution in [3.63, 3.8) is 0 Å². The van der Waals surface area contributed by atoms with E-state index in [-0.39, 0.29) is 36.1 Å². The molecule has 4 rings (SSSR count). The Labute approximate surface area is 214 Å². The van der Waals surface area contributed by atoms with E-state index in [0.29, 0.717) is 32.0 Å². The number of carbonyl (C=O) groups excluding carboxylic acids is 1. The average molecular weight is 527 g/mol. The molecule has 3 aliphatic rings.